The number of benzene rings is 2. The molecule has 0 aromatic heterocycles. The Morgan fingerprint density at radius 3 is 2.38 bits per heavy atom. The van der Waals surface area contributed by atoms with Crippen molar-refractivity contribution in [2.24, 2.45) is 0 Å². The third-order valence-electron chi connectivity index (χ3n) is 3.16. The van der Waals surface area contributed by atoms with Crippen LogP contribution in [0.5, 0.6) is 11.5 Å². The van der Waals surface area contributed by atoms with Crippen LogP contribution in [0.15, 0.2) is 30.3 Å². The van der Waals surface area contributed by atoms with Crippen molar-refractivity contribution in [3.8, 4) is 11.5 Å². The Labute approximate surface area is 136 Å². The third kappa shape index (κ3) is 3.89. The highest BCUT2D eigenvalue weighted by molar-refractivity contribution is 5.94. The van der Waals surface area contributed by atoms with Crippen LogP contribution in [0, 0.1) is 17.5 Å². The van der Waals surface area contributed by atoms with Gasteiger partial charge in [0.05, 0.1) is 32.1 Å². The fourth-order valence-corrected chi connectivity index (χ4v) is 1.94. The summed E-state index contributed by atoms with van der Waals surface area (Å²) in [4.78, 5) is 11.8. The Morgan fingerprint density at radius 2 is 1.71 bits per heavy atom. The third-order valence-corrected chi connectivity index (χ3v) is 3.16. The first-order chi connectivity index (χ1) is 11.5. The lowest BCUT2D eigenvalue weighted by atomic mass is 10.2. The number of amides is 1. The van der Waals surface area contributed by atoms with E-state index in [-0.39, 0.29) is 6.54 Å². The summed E-state index contributed by atoms with van der Waals surface area (Å²) >= 11 is 0. The summed E-state index contributed by atoms with van der Waals surface area (Å²) in [6.07, 6.45) is 0. The number of anilines is 2. The average molecular weight is 340 g/mol. The largest absolute Gasteiger partial charge is 0.497 e. The molecule has 0 aliphatic carbocycles. The van der Waals surface area contributed by atoms with E-state index in [1.54, 1.807) is 18.2 Å². The van der Waals surface area contributed by atoms with Gasteiger partial charge in [0.1, 0.15) is 11.5 Å². The zero-order chi connectivity index (χ0) is 17.7. The van der Waals surface area contributed by atoms with E-state index in [0.717, 1.165) is 12.1 Å². The van der Waals surface area contributed by atoms with E-state index >= 15 is 0 Å². The Hall–Kier alpha value is -2.90. The molecule has 0 bridgehead atoms. The number of halogens is 3. The molecule has 0 atom stereocenters. The van der Waals surface area contributed by atoms with Gasteiger partial charge in [-0.05, 0) is 24.3 Å². The standard InChI is InChI=1S/C16H15F3N2O3/c1-23-9-3-5-11(13(7-9)24-2)20-8-14(22)21-12-6-4-10(17)15(18)16(12)19/h3-7,20H,8H2,1-2H3,(H,21,22). The van der Waals surface area contributed by atoms with Crippen LogP contribution in [-0.4, -0.2) is 26.7 Å². The predicted octanol–water partition coefficient (Wildman–Crippen LogP) is 3.17. The molecule has 0 aliphatic heterocycles. The Kier molecular flexibility index (Phi) is 5.51. The Balaban J connectivity index is 2.03. The van der Waals surface area contributed by atoms with Gasteiger partial charge in [0.25, 0.3) is 0 Å². The second-order valence-corrected chi connectivity index (χ2v) is 4.69. The molecule has 0 fully saturated rings. The fourth-order valence-electron chi connectivity index (χ4n) is 1.94. The Morgan fingerprint density at radius 1 is 1.00 bits per heavy atom. The van der Waals surface area contributed by atoms with Crippen molar-refractivity contribution in [3.05, 3.63) is 47.8 Å². The molecule has 0 spiro atoms. The summed E-state index contributed by atoms with van der Waals surface area (Å²) in [5.74, 6) is -4.04. The molecule has 8 heteroatoms. The van der Waals surface area contributed by atoms with Crippen molar-refractivity contribution in [1.29, 1.82) is 0 Å². The van der Waals surface area contributed by atoms with Crippen molar-refractivity contribution in [2.45, 2.75) is 0 Å². The summed E-state index contributed by atoms with van der Waals surface area (Å²) < 4.78 is 49.7. The number of carbonyl (C=O) groups excluding carboxylic acids is 1. The lowest BCUT2D eigenvalue weighted by Gasteiger charge is -2.13. The van der Waals surface area contributed by atoms with Gasteiger partial charge in [-0.1, -0.05) is 0 Å². The predicted molar refractivity (Wildman–Crippen MR) is 83.0 cm³/mol. The van der Waals surface area contributed by atoms with E-state index in [1.807, 2.05) is 0 Å². The number of rotatable bonds is 6. The molecule has 2 aromatic rings. The zero-order valence-electron chi connectivity index (χ0n) is 13.0. The maximum atomic E-state index is 13.5. The molecule has 2 rings (SSSR count). The fraction of sp³-hybridized carbons (Fsp3) is 0.188. The first-order valence-corrected chi connectivity index (χ1v) is 6.85. The van der Waals surface area contributed by atoms with Crippen molar-refractivity contribution in [1.82, 2.24) is 0 Å². The lowest BCUT2D eigenvalue weighted by Crippen LogP contribution is -2.22. The van der Waals surface area contributed by atoms with E-state index in [9.17, 15) is 18.0 Å². The SMILES string of the molecule is COc1ccc(NCC(=O)Nc2ccc(F)c(F)c2F)c(OC)c1. The molecule has 1 amide bonds. The van der Waals surface area contributed by atoms with Crippen LogP contribution < -0.4 is 20.1 Å². The molecular weight excluding hydrogens is 325 g/mol. The van der Waals surface area contributed by atoms with Gasteiger partial charge in [0.2, 0.25) is 5.91 Å². The highest BCUT2D eigenvalue weighted by Crippen LogP contribution is 2.28. The van der Waals surface area contributed by atoms with Gasteiger partial charge in [-0.3, -0.25) is 4.79 Å². The minimum absolute atomic E-state index is 0.235. The molecule has 0 radical (unpaired) electrons. The smallest absolute Gasteiger partial charge is 0.243 e. The molecule has 2 N–H and O–H groups in total. The molecule has 0 saturated carbocycles. The number of methoxy groups -OCH3 is 2. The molecule has 0 saturated heterocycles. The van der Waals surface area contributed by atoms with E-state index in [1.165, 1.54) is 14.2 Å². The molecule has 24 heavy (non-hydrogen) atoms. The van der Waals surface area contributed by atoms with Gasteiger partial charge in [-0.15, -0.1) is 0 Å². The summed E-state index contributed by atoms with van der Waals surface area (Å²) in [6.45, 7) is -0.235. The van der Waals surface area contributed by atoms with Crippen LogP contribution in [0.4, 0.5) is 24.5 Å². The van der Waals surface area contributed by atoms with Gasteiger partial charge in [-0.25, -0.2) is 13.2 Å². The van der Waals surface area contributed by atoms with Gasteiger partial charge < -0.3 is 20.1 Å². The number of carbonyl (C=O) groups is 1. The van der Waals surface area contributed by atoms with Gasteiger partial charge in [0.15, 0.2) is 17.5 Å². The molecule has 0 heterocycles. The number of ether oxygens (including phenoxy) is 2. The zero-order valence-corrected chi connectivity index (χ0v) is 13.0. The molecular formula is C16H15F3N2O3. The summed E-state index contributed by atoms with van der Waals surface area (Å²) in [7, 11) is 2.96. The van der Waals surface area contributed by atoms with Crippen LogP contribution >= 0.6 is 0 Å². The maximum Gasteiger partial charge on any atom is 0.243 e. The first kappa shape index (κ1) is 17.5. The van der Waals surface area contributed by atoms with E-state index in [4.69, 9.17) is 9.47 Å². The van der Waals surface area contributed by atoms with Crippen molar-refractivity contribution in [3.63, 3.8) is 0 Å². The summed E-state index contributed by atoms with van der Waals surface area (Å²) in [5, 5.41) is 4.96. The number of hydrogen-bond acceptors (Lipinski definition) is 4. The van der Waals surface area contributed by atoms with Gasteiger partial charge in [-0.2, -0.15) is 0 Å². The topological polar surface area (TPSA) is 59.6 Å². The highest BCUT2D eigenvalue weighted by Gasteiger charge is 2.15. The van der Waals surface area contributed by atoms with E-state index in [2.05, 4.69) is 10.6 Å². The molecule has 5 nitrogen and oxygen atoms in total. The summed E-state index contributed by atoms with van der Waals surface area (Å²) in [5.41, 5.74) is 0.0709. The molecule has 2 aromatic carbocycles. The Bertz CT molecular complexity index is 754. The van der Waals surface area contributed by atoms with Crippen LogP contribution in [0.25, 0.3) is 0 Å². The molecule has 0 aliphatic rings. The second-order valence-electron chi connectivity index (χ2n) is 4.69. The quantitative estimate of drug-likeness (QED) is 0.793. The average Bonchev–Trinajstić information content (AvgIpc) is 2.60. The van der Waals surface area contributed by atoms with Crippen LogP contribution in [0.3, 0.4) is 0 Å². The van der Waals surface area contributed by atoms with Crippen LogP contribution in [0.2, 0.25) is 0 Å². The van der Waals surface area contributed by atoms with E-state index in [0.29, 0.717) is 17.2 Å². The summed E-state index contributed by atoms with van der Waals surface area (Å²) in [6, 6.07) is 6.60. The van der Waals surface area contributed by atoms with Gasteiger partial charge >= 0.3 is 0 Å². The number of nitrogens with one attached hydrogen (secondary N) is 2. The first-order valence-electron chi connectivity index (χ1n) is 6.85. The van der Waals surface area contributed by atoms with Gasteiger partial charge in [0, 0.05) is 6.07 Å². The number of hydrogen-bond donors (Lipinski definition) is 2. The highest BCUT2D eigenvalue weighted by atomic mass is 19.2. The monoisotopic (exact) mass is 340 g/mol. The minimum Gasteiger partial charge on any atom is -0.497 e. The van der Waals surface area contributed by atoms with E-state index < -0.39 is 29.0 Å². The molecule has 128 valence electrons. The van der Waals surface area contributed by atoms with Crippen molar-refractivity contribution in [2.75, 3.05) is 31.4 Å². The minimum atomic E-state index is -1.64. The van der Waals surface area contributed by atoms with Crippen molar-refractivity contribution >= 4 is 17.3 Å². The maximum absolute atomic E-state index is 13.5. The lowest BCUT2D eigenvalue weighted by molar-refractivity contribution is -0.114. The van der Waals surface area contributed by atoms with Crippen LogP contribution in [0.1, 0.15) is 0 Å². The van der Waals surface area contributed by atoms with Crippen LogP contribution in [-0.2, 0) is 4.79 Å². The second kappa shape index (κ2) is 7.58. The molecule has 0 unspecified atom stereocenters. The normalized spacial score (nSPS) is 10.2. The van der Waals surface area contributed by atoms with Crippen molar-refractivity contribution < 1.29 is 27.4 Å².